The van der Waals surface area contributed by atoms with Gasteiger partial charge in [0.2, 0.25) is 0 Å². The van der Waals surface area contributed by atoms with Crippen LogP contribution < -0.4 is 15.4 Å². The summed E-state index contributed by atoms with van der Waals surface area (Å²) in [5.41, 5.74) is 3.10. The highest BCUT2D eigenvalue weighted by Crippen LogP contribution is 2.28. The summed E-state index contributed by atoms with van der Waals surface area (Å²) >= 11 is 0. The molecule has 0 fully saturated rings. The Morgan fingerprint density at radius 3 is 3.00 bits per heavy atom. The number of carbonyl (C=O) groups excluding carboxylic acids is 2. The minimum absolute atomic E-state index is 0.000738. The summed E-state index contributed by atoms with van der Waals surface area (Å²) in [6.45, 7) is 0.544. The van der Waals surface area contributed by atoms with Crippen LogP contribution in [0.1, 0.15) is 22.6 Å². The maximum absolute atomic E-state index is 12.3. The summed E-state index contributed by atoms with van der Waals surface area (Å²) in [6, 6.07) is 13.0. The van der Waals surface area contributed by atoms with E-state index in [0.717, 1.165) is 29.7 Å². The molecule has 27 heavy (non-hydrogen) atoms. The number of carbonyl (C=O) groups is 2. The molecule has 1 aliphatic heterocycles. The van der Waals surface area contributed by atoms with E-state index >= 15 is 0 Å². The molecule has 1 aliphatic rings. The third-order valence-corrected chi connectivity index (χ3v) is 4.62. The normalized spacial score (nSPS) is 13.0. The van der Waals surface area contributed by atoms with Crippen molar-refractivity contribution in [1.82, 2.24) is 14.9 Å². The first-order valence-electron chi connectivity index (χ1n) is 8.87. The SMILES string of the molecule is Cn1c(CCCNC(=O)c2ccc3c(c2)NC(=O)CO3)nc2ccccc21. The van der Waals surface area contributed by atoms with Crippen LogP contribution in [-0.2, 0) is 18.3 Å². The zero-order valence-corrected chi connectivity index (χ0v) is 15.0. The molecule has 4 rings (SSSR count). The molecule has 0 unspecified atom stereocenters. The molecule has 3 aromatic rings. The summed E-state index contributed by atoms with van der Waals surface area (Å²) < 4.78 is 7.39. The quantitative estimate of drug-likeness (QED) is 0.680. The number of benzene rings is 2. The number of anilines is 1. The van der Waals surface area contributed by atoms with Crippen molar-refractivity contribution in [3.05, 3.63) is 53.9 Å². The standard InChI is InChI=1S/C20H20N4O3/c1-24-16-6-3-2-5-14(16)22-18(24)7-4-10-21-20(26)13-8-9-17-15(11-13)23-19(25)12-27-17/h2-3,5-6,8-9,11H,4,7,10,12H2,1H3,(H,21,26)(H,23,25). The Kier molecular flexibility index (Phi) is 4.50. The zero-order chi connectivity index (χ0) is 18.8. The van der Waals surface area contributed by atoms with Gasteiger partial charge in [-0.1, -0.05) is 12.1 Å². The molecule has 2 N–H and O–H groups in total. The summed E-state index contributed by atoms with van der Waals surface area (Å²) in [5.74, 6) is 1.18. The minimum atomic E-state index is -0.220. The molecule has 7 heteroatoms. The largest absolute Gasteiger partial charge is 0.482 e. The van der Waals surface area contributed by atoms with Gasteiger partial charge in [0.1, 0.15) is 11.6 Å². The molecule has 7 nitrogen and oxygen atoms in total. The fraction of sp³-hybridized carbons (Fsp3) is 0.250. The van der Waals surface area contributed by atoms with Crippen molar-refractivity contribution in [3.63, 3.8) is 0 Å². The number of amides is 2. The van der Waals surface area contributed by atoms with Crippen LogP contribution in [-0.4, -0.2) is 34.5 Å². The van der Waals surface area contributed by atoms with Gasteiger partial charge < -0.3 is 19.9 Å². The second-order valence-corrected chi connectivity index (χ2v) is 6.48. The predicted octanol–water partition coefficient (Wildman–Crippen LogP) is 2.27. The highest BCUT2D eigenvalue weighted by Gasteiger charge is 2.17. The van der Waals surface area contributed by atoms with Crippen LogP contribution in [0.15, 0.2) is 42.5 Å². The van der Waals surface area contributed by atoms with Crippen LogP contribution in [0, 0.1) is 0 Å². The first kappa shape index (κ1) is 17.1. The van der Waals surface area contributed by atoms with Gasteiger partial charge in [-0.3, -0.25) is 9.59 Å². The summed E-state index contributed by atoms with van der Waals surface area (Å²) in [7, 11) is 2.01. The van der Waals surface area contributed by atoms with Gasteiger partial charge in [0, 0.05) is 25.6 Å². The lowest BCUT2D eigenvalue weighted by atomic mass is 10.1. The van der Waals surface area contributed by atoms with E-state index in [0.29, 0.717) is 23.5 Å². The van der Waals surface area contributed by atoms with Crippen LogP contribution in [0.3, 0.4) is 0 Å². The molecule has 1 aromatic heterocycles. The van der Waals surface area contributed by atoms with Crippen molar-refractivity contribution in [2.45, 2.75) is 12.8 Å². The van der Waals surface area contributed by atoms with Crippen molar-refractivity contribution in [3.8, 4) is 5.75 Å². The maximum Gasteiger partial charge on any atom is 0.262 e. The molecule has 2 heterocycles. The number of aryl methyl sites for hydroxylation is 2. The number of fused-ring (bicyclic) bond motifs is 2. The van der Waals surface area contributed by atoms with E-state index in [1.807, 2.05) is 31.3 Å². The van der Waals surface area contributed by atoms with Crippen LogP contribution in [0.25, 0.3) is 11.0 Å². The molecule has 138 valence electrons. The van der Waals surface area contributed by atoms with Gasteiger partial charge in [-0.25, -0.2) is 4.98 Å². The Bertz CT molecular complexity index is 1030. The van der Waals surface area contributed by atoms with Crippen molar-refractivity contribution in [2.24, 2.45) is 7.05 Å². The number of rotatable bonds is 5. The van der Waals surface area contributed by atoms with Crippen LogP contribution >= 0.6 is 0 Å². The zero-order valence-electron chi connectivity index (χ0n) is 15.0. The number of aromatic nitrogens is 2. The summed E-state index contributed by atoms with van der Waals surface area (Å²) in [6.07, 6.45) is 1.56. The number of nitrogens with zero attached hydrogens (tertiary/aromatic N) is 2. The van der Waals surface area contributed by atoms with Crippen molar-refractivity contribution >= 4 is 28.5 Å². The first-order chi connectivity index (χ1) is 13.1. The lowest BCUT2D eigenvalue weighted by molar-refractivity contribution is -0.118. The molecule has 0 aliphatic carbocycles. The fourth-order valence-electron chi connectivity index (χ4n) is 3.19. The third kappa shape index (κ3) is 3.48. The van der Waals surface area contributed by atoms with Crippen LogP contribution in [0.5, 0.6) is 5.75 Å². The Labute approximate surface area is 156 Å². The van der Waals surface area contributed by atoms with Gasteiger partial charge in [-0.2, -0.15) is 0 Å². The van der Waals surface area contributed by atoms with E-state index in [1.54, 1.807) is 18.2 Å². The molecule has 0 saturated carbocycles. The molecular formula is C20H20N4O3. The third-order valence-electron chi connectivity index (χ3n) is 4.62. The van der Waals surface area contributed by atoms with Crippen LogP contribution in [0.2, 0.25) is 0 Å². The number of nitrogens with one attached hydrogen (secondary N) is 2. The Morgan fingerprint density at radius 1 is 1.30 bits per heavy atom. The molecule has 0 radical (unpaired) electrons. The van der Waals surface area contributed by atoms with E-state index in [-0.39, 0.29) is 18.4 Å². The first-order valence-corrected chi connectivity index (χ1v) is 8.87. The Morgan fingerprint density at radius 2 is 2.15 bits per heavy atom. The molecular weight excluding hydrogens is 344 g/mol. The van der Waals surface area contributed by atoms with Gasteiger partial charge in [0.15, 0.2) is 6.61 Å². The second-order valence-electron chi connectivity index (χ2n) is 6.48. The predicted molar refractivity (Wildman–Crippen MR) is 102 cm³/mol. The molecule has 0 atom stereocenters. The number of ether oxygens (including phenoxy) is 1. The lowest BCUT2D eigenvalue weighted by Gasteiger charge is -2.18. The maximum atomic E-state index is 12.3. The van der Waals surface area contributed by atoms with Gasteiger partial charge in [-0.15, -0.1) is 0 Å². The minimum Gasteiger partial charge on any atom is -0.482 e. The number of imidazole rings is 1. The average Bonchev–Trinajstić information content (AvgIpc) is 3.00. The number of hydrogen-bond acceptors (Lipinski definition) is 4. The molecule has 2 aromatic carbocycles. The van der Waals surface area contributed by atoms with Gasteiger partial charge in [0.05, 0.1) is 16.7 Å². The van der Waals surface area contributed by atoms with Crippen molar-refractivity contribution in [2.75, 3.05) is 18.5 Å². The Hall–Kier alpha value is -3.35. The van der Waals surface area contributed by atoms with Gasteiger partial charge >= 0.3 is 0 Å². The van der Waals surface area contributed by atoms with Crippen LogP contribution in [0.4, 0.5) is 5.69 Å². The molecule has 2 amide bonds. The number of hydrogen-bond donors (Lipinski definition) is 2. The average molecular weight is 364 g/mol. The van der Waals surface area contributed by atoms with Gasteiger partial charge in [0.25, 0.3) is 11.8 Å². The fourth-order valence-corrected chi connectivity index (χ4v) is 3.19. The topological polar surface area (TPSA) is 85.2 Å². The van der Waals surface area contributed by atoms with E-state index in [4.69, 9.17) is 4.74 Å². The molecule has 0 spiro atoms. The highest BCUT2D eigenvalue weighted by atomic mass is 16.5. The monoisotopic (exact) mass is 364 g/mol. The summed E-state index contributed by atoms with van der Waals surface area (Å²) in [5, 5.41) is 5.62. The number of para-hydroxylation sites is 2. The van der Waals surface area contributed by atoms with E-state index < -0.39 is 0 Å². The smallest absolute Gasteiger partial charge is 0.262 e. The van der Waals surface area contributed by atoms with Crippen molar-refractivity contribution in [1.29, 1.82) is 0 Å². The van der Waals surface area contributed by atoms with E-state index in [1.165, 1.54) is 0 Å². The van der Waals surface area contributed by atoms with E-state index in [9.17, 15) is 9.59 Å². The summed E-state index contributed by atoms with van der Waals surface area (Å²) in [4.78, 5) is 28.4. The van der Waals surface area contributed by atoms with E-state index in [2.05, 4.69) is 20.2 Å². The second kappa shape index (κ2) is 7.11. The van der Waals surface area contributed by atoms with Gasteiger partial charge in [-0.05, 0) is 36.8 Å². The lowest BCUT2D eigenvalue weighted by Crippen LogP contribution is -2.27. The Balaban J connectivity index is 1.34. The van der Waals surface area contributed by atoms with Crippen molar-refractivity contribution < 1.29 is 14.3 Å². The molecule has 0 saturated heterocycles. The highest BCUT2D eigenvalue weighted by molar-refractivity contribution is 5.99. The molecule has 0 bridgehead atoms.